The van der Waals surface area contributed by atoms with Gasteiger partial charge in [0.1, 0.15) is 12.4 Å². The summed E-state index contributed by atoms with van der Waals surface area (Å²) in [5, 5.41) is 2.88. The first-order valence-corrected chi connectivity index (χ1v) is 6.95. The van der Waals surface area contributed by atoms with E-state index in [1.807, 2.05) is 58.9 Å². The molecule has 20 heavy (non-hydrogen) atoms. The minimum absolute atomic E-state index is 0.0859. The van der Waals surface area contributed by atoms with Crippen LogP contribution in [0.1, 0.15) is 33.3 Å². The Bertz CT molecular complexity index is 435. The standard InChI is InChI=1S/C16H26N2O2/c1-11-6-8-13(9-7-11)20-10-12(2)18-15(19)14(17)16(3,4)5/h6-9,12,14H,10,17H2,1-5H3,(H,18,19)/t12?,14-/m1/s1. The van der Waals surface area contributed by atoms with E-state index in [0.29, 0.717) is 6.61 Å². The summed E-state index contributed by atoms with van der Waals surface area (Å²) < 4.78 is 5.63. The number of benzene rings is 1. The van der Waals surface area contributed by atoms with Gasteiger partial charge in [0, 0.05) is 0 Å². The molecule has 0 saturated carbocycles. The van der Waals surface area contributed by atoms with Crippen LogP contribution >= 0.6 is 0 Å². The lowest BCUT2D eigenvalue weighted by molar-refractivity contribution is -0.125. The molecule has 0 aromatic heterocycles. The van der Waals surface area contributed by atoms with Gasteiger partial charge in [0.2, 0.25) is 5.91 Å². The number of hydrogen-bond acceptors (Lipinski definition) is 3. The number of hydrogen-bond donors (Lipinski definition) is 2. The number of nitrogens with two attached hydrogens (primary N) is 1. The number of nitrogens with one attached hydrogen (secondary N) is 1. The van der Waals surface area contributed by atoms with Gasteiger partial charge >= 0.3 is 0 Å². The van der Waals surface area contributed by atoms with E-state index in [4.69, 9.17) is 10.5 Å². The number of carbonyl (C=O) groups excluding carboxylic acids is 1. The highest BCUT2D eigenvalue weighted by molar-refractivity contribution is 5.82. The molecule has 0 bridgehead atoms. The SMILES string of the molecule is Cc1ccc(OCC(C)NC(=O)[C@@H](N)C(C)(C)C)cc1. The monoisotopic (exact) mass is 278 g/mol. The Morgan fingerprint density at radius 1 is 1.30 bits per heavy atom. The zero-order chi connectivity index (χ0) is 15.3. The Kier molecular flexibility index (Phi) is 5.57. The van der Waals surface area contributed by atoms with Gasteiger partial charge in [-0.05, 0) is 31.4 Å². The van der Waals surface area contributed by atoms with Gasteiger partial charge in [-0.2, -0.15) is 0 Å². The van der Waals surface area contributed by atoms with E-state index in [9.17, 15) is 4.79 Å². The van der Waals surface area contributed by atoms with E-state index in [1.54, 1.807) is 0 Å². The van der Waals surface area contributed by atoms with Crippen molar-refractivity contribution in [2.45, 2.75) is 46.7 Å². The number of aryl methyl sites for hydroxylation is 1. The molecule has 0 spiro atoms. The topological polar surface area (TPSA) is 64.3 Å². The molecule has 0 saturated heterocycles. The summed E-state index contributed by atoms with van der Waals surface area (Å²) in [5.41, 5.74) is 6.85. The molecule has 1 unspecified atom stereocenters. The highest BCUT2D eigenvalue weighted by atomic mass is 16.5. The minimum Gasteiger partial charge on any atom is -0.491 e. The Balaban J connectivity index is 2.42. The molecule has 0 aliphatic carbocycles. The van der Waals surface area contributed by atoms with Crippen molar-refractivity contribution in [3.63, 3.8) is 0 Å². The third-order valence-electron chi connectivity index (χ3n) is 3.13. The lowest BCUT2D eigenvalue weighted by Gasteiger charge is -2.27. The molecule has 0 aliphatic heterocycles. The Morgan fingerprint density at radius 3 is 2.35 bits per heavy atom. The molecule has 0 radical (unpaired) electrons. The first-order valence-electron chi connectivity index (χ1n) is 6.95. The first-order chi connectivity index (χ1) is 9.20. The maximum Gasteiger partial charge on any atom is 0.237 e. The third kappa shape index (κ3) is 5.21. The fourth-order valence-electron chi connectivity index (χ4n) is 1.62. The van der Waals surface area contributed by atoms with Crippen LogP contribution in [0.4, 0.5) is 0 Å². The second-order valence-electron chi connectivity index (χ2n) is 6.38. The zero-order valence-electron chi connectivity index (χ0n) is 13.1. The molecule has 3 N–H and O–H groups in total. The van der Waals surface area contributed by atoms with Crippen molar-refractivity contribution >= 4 is 5.91 Å². The van der Waals surface area contributed by atoms with Crippen molar-refractivity contribution in [1.29, 1.82) is 0 Å². The minimum atomic E-state index is -0.524. The summed E-state index contributed by atoms with van der Waals surface area (Å²) in [6.45, 7) is 10.2. The van der Waals surface area contributed by atoms with Gasteiger partial charge in [0.15, 0.2) is 0 Å². The molecular weight excluding hydrogens is 252 g/mol. The van der Waals surface area contributed by atoms with E-state index in [2.05, 4.69) is 5.32 Å². The van der Waals surface area contributed by atoms with Crippen LogP contribution in [0.2, 0.25) is 0 Å². The lowest BCUT2D eigenvalue weighted by atomic mass is 9.87. The fourth-order valence-corrected chi connectivity index (χ4v) is 1.62. The highest BCUT2D eigenvalue weighted by Gasteiger charge is 2.28. The van der Waals surface area contributed by atoms with Crippen LogP contribution in [-0.2, 0) is 4.79 Å². The summed E-state index contributed by atoms with van der Waals surface area (Å²) in [7, 11) is 0. The highest BCUT2D eigenvalue weighted by Crippen LogP contribution is 2.17. The van der Waals surface area contributed by atoms with Gasteiger partial charge in [-0.3, -0.25) is 4.79 Å². The van der Waals surface area contributed by atoms with Gasteiger partial charge in [0.05, 0.1) is 12.1 Å². The number of amides is 1. The molecule has 1 rings (SSSR count). The molecule has 1 aromatic rings. The fraction of sp³-hybridized carbons (Fsp3) is 0.562. The van der Waals surface area contributed by atoms with Crippen molar-refractivity contribution in [3.8, 4) is 5.75 Å². The lowest BCUT2D eigenvalue weighted by Crippen LogP contribution is -2.51. The Hall–Kier alpha value is -1.55. The van der Waals surface area contributed by atoms with Gasteiger partial charge in [-0.1, -0.05) is 38.5 Å². The quantitative estimate of drug-likeness (QED) is 0.868. The molecule has 2 atom stereocenters. The summed E-state index contributed by atoms with van der Waals surface area (Å²) in [4.78, 5) is 12.0. The van der Waals surface area contributed by atoms with Crippen molar-refractivity contribution in [2.75, 3.05) is 6.61 Å². The van der Waals surface area contributed by atoms with Crippen LogP contribution in [0, 0.1) is 12.3 Å². The van der Waals surface area contributed by atoms with Gasteiger partial charge in [-0.25, -0.2) is 0 Å². The van der Waals surface area contributed by atoms with Crippen LogP contribution in [-0.4, -0.2) is 24.6 Å². The average molecular weight is 278 g/mol. The molecule has 1 aromatic carbocycles. The summed E-state index contributed by atoms with van der Waals surface area (Å²) in [5.74, 6) is 0.661. The molecule has 1 amide bonds. The van der Waals surface area contributed by atoms with E-state index >= 15 is 0 Å². The largest absolute Gasteiger partial charge is 0.491 e. The Labute approximate surface area is 121 Å². The molecule has 0 heterocycles. The van der Waals surface area contributed by atoms with Crippen LogP contribution in [0.5, 0.6) is 5.75 Å². The molecular formula is C16H26N2O2. The first kappa shape index (κ1) is 16.5. The van der Waals surface area contributed by atoms with Crippen molar-refractivity contribution in [1.82, 2.24) is 5.32 Å². The third-order valence-corrected chi connectivity index (χ3v) is 3.13. The molecule has 4 nitrogen and oxygen atoms in total. The maximum absolute atomic E-state index is 12.0. The predicted octanol–water partition coefficient (Wildman–Crippen LogP) is 2.25. The summed E-state index contributed by atoms with van der Waals surface area (Å²) in [6.07, 6.45) is 0. The average Bonchev–Trinajstić information content (AvgIpc) is 2.36. The van der Waals surface area contributed by atoms with Gasteiger partial charge < -0.3 is 15.8 Å². The van der Waals surface area contributed by atoms with Crippen LogP contribution in [0.25, 0.3) is 0 Å². The molecule has 4 heteroatoms. The number of ether oxygens (including phenoxy) is 1. The van der Waals surface area contributed by atoms with Crippen molar-refractivity contribution < 1.29 is 9.53 Å². The van der Waals surface area contributed by atoms with Crippen LogP contribution in [0.15, 0.2) is 24.3 Å². The van der Waals surface area contributed by atoms with Crippen molar-refractivity contribution in [2.24, 2.45) is 11.1 Å². The predicted molar refractivity (Wildman–Crippen MR) is 81.7 cm³/mol. The Morgan fingerprint density at radius 2 is 1.85 bits per heavy atom. The molecule has 0 fully saturated rings. The normalized spacial score (nSPS) is 14.5. The van der Waals surface area contributed by atoms with E-state index in [0.717, 1.165) is 5.75 Å². The van der Waals surface area contributed by atoms with Gasteiger partial charge in [-0.15, -0.1) is 0 Å². The zero-order valence-corrected chi connectivity index (χ0v) is 13.1. The maximum atomic E-state index is 12.0. The number of rotatable bonds is 5. The second-order valence-corrected chi connectivity index (χ2v) is 6.38. The number of carbonyl (C=O) groups is 1. The second kappa shape index (κ2) is 6.75. The van der Waals surface area contributed by atoms with Crippen LogP contribution in [0.3, 0.4) is 0 Å². The van der Waals surface area contributed by atoms with Gasteiger partial charge in [0.25, 0.3) is 0 Å². The smallest absolute Gasteiger partial charge is 0.237 e. The van der Waals surface area contributed by atoms with Crippen LogP contribution < -0.4 is 15.8 Å². The summed E-state index contributed by atoms with van der Waals surface area (Å²) in [6, 6.07) is 7.22. The van der Waals surface area contributed by atoms with Crippen molar-refractivity contribution in [3.05, 3.63) is 29.8 Å². The molecule has 112 valence electrons. The molecule has 0 aliphatic rings. The van der Waals surface area contributed by atoms with E-state index in [-0.39, 0.29) is 17.4 Å². The van der Waals surface area contributed by atoms with E-state index < -0.39 is 6.04 Å². The summed E-state index contributed by atoms with van der Waals surface area (Å²) >= 11 is 0. The van der Waals surface area contributed by atoms with E-state index in [1.165, 1.54) is 5.56 Å².